The zero-order chi connectivity index (χ0) is 17.3. The van der Waals surface area contributed by atoms with Crippen molar-refractivity contribution in [2.24, 2.45) is 0 Å². The number of hydrogen-bond donors (Lipinski definition) is 1. The molecule has 1 aliphatic rings. The highest BCUT2D eigenvalue weighted by Crippen LogP contribution is 2.19. The van der Waals surface area contributed by atoms with Crippen LogP contribution in [-0.4, -0.2) is 22.6 Å². The van der Waals surface area contributed by atoms with E-state index in [4.69, 9.17) is 0 Å². The molecule has 0 fully saturated rings. The molecule has 0 unspecified atom stereocenters. The Morgan fingerprint density at radius 1 is 1.29 bits per heavy atom. The second kappa shape index (κ2) is 6.43. The van der Waals surface area contributed by atoms with Gasteiger partial charge in [-0.15, -0.1) is 0 Å². The number of carbonyl (C=O) groups is 1. The first-order chi connectivity index (χ1) is 11.5. The molecule has 0 saturated heterocycles. The van der Waals surface area contributed by atoms with Crippen LogP contribution in [0.2, 0.25) is 0 Å². The van der Waals surface area contributed by atoms with E-state index in [-0.39, 0.29) is 23.2 Å². The van der Waals surface area contributed by atoms with Gasteiger partial charge in [0.15, 0.2) is 0 Å². The summed E-state index contributed by atoms with van der Waals surface area (Å²) in [6.45, 7) is -0.0470. The highest BCUT2D eigenvalue weighted by Gasteiger charge is 2.19. The molecule has 0 saturated carbocycles. The van der Waals surface area contributed by atoms with Gasteiger partial charge in [-0.05, 0) is 43.9 Å². The van der Waals surface area contributed by atoms with Crippen LogP contribution in [0.15, 0.2) is 27.8 Å². The van der Waals surface area contributed by atoms with E-state index >= 15 is 0 Å². The molecule has 6 nitrogen and oxygen atoms in total. The van der Waals surface area contributed by atoms with Gasteiger partial charge < -0.3 is 4.74 Å². The fourth-order valence-corrected chi connectivity index (χ4v) is 3.07. The number of benzene rings is 1. The first kappa shape index (κ1) is 16.2. The quantitative estimate of drug-likeness (QED) is 0.861. The van der Waals surface area contributed by atoms with Crippen LogP contribution in [0.3, 0.4) is 0 Å². The van der Waals surface area contributed by atoms with Gasteiger partial charge in [-0.2, -0.15) is 0 Å². The van der Waals surface area contributed by atoms with Crippen LogP contribution in [0.5, 0.6) is 0 Å². The van der Waals surface area contributed by atoms with Crippen LogP contribution in [-0.2, 0) is 24.1 Å². The van der Waals surface area contributed by atoms with Gasteiger partial charge in [0.1, 0.15) is 5.82 Å². The third kappa shape index (κ3) is 2.89. The molecule has 0 bridgehead atoms. The molecule has 3 rings (SSSR count). The standard InChI is InChI=1S/C17H17FN2O4/c1-24-16(22)10-6-7-13(18)11(8-10)9-20-14-5-3-2-4-12(14)15(21)19-17(20)23/h6-8H,2-5,9H2,1H3,(H,19,21,23). The summed E-state index contributed by atoms with van der Waals surface area (Å²) in [5.74, 6) is -1.10. The fourth-order valence-electron chi connectivity index (χ4n) is 3.07. The average Bonchev–Trinajstić information content (AvgIpc) is 2.59. The Balaban J connectivity index is 2.08. The topological polar surface area (TPSA) is 81.2 Å². The van der Waals surface area contributed by atoms with E-state index in [2.05, 4.69) is 9.72 Å². The lowest BCUT2D eigenvalue weighted by molar-refractivity contribution is 0.0600. The summed E-state index contributed by atoms with van der Waals surface area (Å²) in [6.07, 6.45) is 2.98. The zero-order valence-corrected chi connectivity index (χ0v) is 13.2. The summed E-state index contributed by atoms with van der Waals surface area (Å²) in [7, 11) is 1.24. The Morgan fingerprint density at radius 3 is 2.79 bits per heavy atom. The summed E-state index contributed by atoms with van der Waals surface area (Å²) < 4.78 is 20.1. The summed E-state index contributed by atoms with van der Waals surface area (Å²) in [4.78, 5) is 38.0. The van der Waals surface area contributed by atoms with Gasteiger partial charge in [0, 0.05) is 16.8 Å². The molecule has 7 heteroatoms. The highest BCUT2D eigenvalue weighted by molar-refractivity contribution is 5.89. The van der Waals surface area contributed by atoms with Crippen LogP contribution < -0.4 is 11.2 Å². The van der Waals surface area contributed by atoms with Crippen molar-refractivity contribution in [3.8, 4) is 0 Å². The van der Waals surface area contributed by atoms with Crippen molar-refractivity contribution in [1.82, 2.24) is 9.55 Å². The number of esters is 1. The molecule has 0 atom stereocenters. The van der Waals surface area contributed by atoms with Crippen molar-refractivity contribution in [1.29, 1.82) is 0 Å². The molecule has 1 aromatic carbocycles. The number of rotatable bonds is 3. The number of carbonyl (C=O) groups excluding carboxylic acids is 1. The maximum absolute atomic E-state index is 14.1. The van der Waals surface area contributed by atoms with E-state index < -0.39 is 17.5 Å². The fraction of sp³-hybridized carbons (Fsp3) is 0.353. The van der Waals surface area contributed by atoms with Gasteiger partial charge in [-0.1, -0.05) is 0 Å². The molecule has 0 radical (unpaired) electrons. The van der Waals surface area contributed by atoms with Crippen molar-refractivity contribution in [3.05, 3.63) is 67.2 Å². The summed E-state index contributed by atoms with van der Waals surface area (Å²) in [6, 6.07) is 3.87. The van der Waals surface area contributed by atoms with E-state index in [1.54, 1.807) is 0 Å². The van der Waals surface area contributed by atoms with Gasteiger partial charge in [-0.25, -0.2) is 14.0 Å². The van der Waals surface area contributed by atoms with E-state index in [0.717, 1.165) is 12.8 Å². The minimum atomic E-state index is -0.577. The van der Waals surface area contributed by atoms with Gasteiger partial charge >= 0.3 is 11.7 Å². The van der Waals surface area contributed by atoms with Gasteiger partial charge in [0.05, 0.1) is 19.2 Å². The summed E-state index contributed by atoms with van der Waals surface area (Å²) >= 11 is 0. The number of methoxy groups -OCH3 is 1. The van der Waals surface area contributed by atoms with Crippen molar-refractivity contribution in [2.45, 2.75) is 32.2 Å². The average molecular weight is 332 g/mol. The normalized spacial score (nSPS) is 13.4. The van der Waals surface area contributed by atoms with Crippen LogP contribution >= 0.6 is 0 Å². The predicted octanol–water partition coefficient (Wildman–Crippen LogP) is 1.39. The minimum Gasteiger partial charge on any atom is -0.465 e. The number of ether oxygens (including phenoxy) is 1. The van der Waals surface area contributed by atoms with E-state index in [9.17, 15) is 18.8 Å². The molecule has 1 heterocycles. The van der Waals surface area contributed by atoms with E-state index in [1.807, 2.05) is 0 Å². The number of aromatic amines is 1. The number of hydrogen-bond acceptors (Lipinski definition) is 4. The number of fused-ring (bicyclic) bond motifs is 1. The lowest BCUT2D eigenvalue weighted by atomic mass is 9.96. The Bertz CT molecular complexity index is 914. The van der Waals surface area contributed by atoms with E-state index in [0.29, 0.717) is 24.1 Å². The molecule has 0 aliphatic heterocycles. The SMILES string of the molecule is COC(=O)c1ccc(F)c(Cn2c3c(c(=O)[nH]c2=O)CCCC3)c1. The molecule has 24 heavy (non-hydrogen) atoms. The molecule has 0 amide bonds. The van der Waals surface area contributed by atoms with Gasteiger partial charge in [0.25, 0.3) is 5.56 Å². The molecule has 1 aliphatic carbocycles. The molecule has 1 aromatic heterocycles. The maximum atomic E-state index is 14.1. The Kier molecular flexibility index (Phi) is 4.33. The summed E-state index contributed by atoms with van der Waals surface area (Å²) in [5.41, 5.74) is 0.710. The second-order valence-electron chi connectivity index (χ2n) is 5.78. The minimum absolute atomic E-state index is 0.0470. The Morgan fingerprint density at radius 2 is 2.04 bits per heavy atom. The van der Waals surface area contributed by atoms with Crippen LogP contribution in [0.25, 0.3) is 0 Å². The maximum Gasteiger partial charge on any atom is 0.337 e. The number of nitrogens with one attached hydrogen (secondary N) is 1. The Hall–Kier alpha value is -2.70. The van der Waals surface area contributed by atoms with Gasteiger partial charge in [-0.3, -0.25) is 14.3 Å². The van der Waals surface area contributed by atoms with Crippen LogP contribution in [0.1, 0.15) is 40.0 Å². The monoisotopic (exact) mass is 332 g/mol. The van der Waals surface area contributed by atoms with Crippen LogP contribution in [0, 0.1) is 5.82 Å². The van der Waals surface area contributed by atoms with E-state index in [1.165, 1.54) is 29.9 Å². The van der Waals surface area contributed by atoms with Crippen LogP contribution in [0.4, 0.5) is 4.39 Å². The smallest absolute Gasteiger partial charge is 0.337 e. The molecule has 1 N–H and O–H groups in total. The third-order valence-corrected chi connectivity index (χ3v) is 4.30. The highest BCUT2D eigenvalue weighted by atomic mass is 19.1. The van der Waals surface area contributed by atoms with Crippen molar-refractivity contribution in [3.63, 3.8) is 0 Å². The lowest BCUT2D eigenvalue weighted by Crippen LogP contribution is -2.37. The largest absolute Gasteiger partial charge is 0.465 e. The molecular weight excluding hydrogens is 315 g/mol. The summed E-state index contributed by atoms with van der Waals surface area (Å²) in [5, 5.41) is 0. The van der Waals surface area contributed by atoms with Crippen molar-refractivity contribution < 1.29 is 13.9 Å². The molecular formula is C17H17FN2O4. The molecule has 126 valence electrons. The third-order valence-electron chi connectivity index (χ3n) is 4.30. The number of H-pyrrole nitrogens is 1. The van der Waals surface area contributed by atoms with Crippen molar-refractivity contribution >= 4 is 5.97 Å². The number of nitrogens with zero attached hydrogens (tertiary/aromatic N) is 1. The number of halogens is 1. The predicted molar refractivity (Wildman–Crippen MR) is 84.8 cm³/mol. The Labute approximate surface area is 136 Å². The molecule has 0 spiro atoms. The molecule has 2 aromatic rings. The number of aromatic nitrogens is 2. The zero-order valence-electron chi connectivity index (χ0n) is 13.2. The second-order valence-corrected chi connectivity index (χ2v) is 5.78. The lowest BCUT2D eigenvalue weighted by Gasteiger charge is -2.20. The first-order valence-corrected chi connectivity index (χ1v) is 7.73. The van der Waals surface area contributed by atoms with Gasteiger partial charge in [0.2, 0.25) is 0 Å². The van der Waals surface area contributed by atoms with Crippen molar-refractivity contribution in [2.75, 3.05) is 7.11 Å². The first-order valence-electron chi connectivity index (χ1n) is 7.73.